The molecule has 0 fully saturated rings. The minimum atomic E-state index is -1.02. The molecule has 29 heavy (non-hydrogen) atoms. The first-order valence-electron chi connectivity index (χ1n) is 9.35. The molecule has 0 aliphatic heterocycles. The Bertz CT molecular complexity index is 920. The van der Waals surface area contributed by atoms with Gasteiger partial charge in [-0.1, -0.05) is 32.9 Å². The largest absolute Gasteiger partial charge is 0.465 e. The maximum Gasteiger partial charge on any atom is 0.355 e. The topological polar surface area (TPSA) is 97.5 Å². The molecule has 0 aliphatic carbocycles. The minimum Gasteiger partial charge on any atom is -0.465 e. The van der Waals surface area contributed by atoms with Crippen molar-refractivity contribution >= 4 is 23.5 Å². The highest BCUT2D eigenvalue weighted by molar-refractivity contribution is 6.00. The number of amides is 1. The predicted molar refractivity (Wildman–Crippen MR) is 110 cm³/mol. The van der Waals surface area contributed by atoms with Crippen LogP contribution in [-0.2, 0) is 19.7 Å². The quantitative estimate of drug-likeness (QED) is 0.742. The van der Waals surface area contributed by atoms with Crippen molar-refractivity contribution < 1.29 is 23.9 Å². The third-order valence-electron chi connectivity index (χ3n) is 4.70. The summed E-state index contributed by atoms with van der Waals surface area (Å²) in [6.07, 6.45) is -1.02. The van der Waals surface area contributed by atoms with E-state index in [2.05, 4.69) is 31.1 Å². The summed E-state index contributed by atoms with van der Waals surface area (Å²) in [7, 11) is 1.27. The number of carbonyl (C=O) groups is 3. The van der Waals surface area contributed by atoms with E-state index >= 15 is 0 Å². The van der Waals surface area contributed by atoms with Gasteiger partial charge in [-0.3, -0.25) is 4.79 Å². The fourth-order valence-electron chi connectivity index (χ4n) is 2.93. The number of aromatic nitrogens is 1. The molecule has 1 aromatic carbocycles. The second-order valence-corrected chi connectivity index (χ2v) is 7.98. The Morgan fingerprint density at radius 1 is 1.03 bits per heavy atom. The number of aromatic amines is 1. The summed E-state index contributed by atoms with van der Waals surface area (Å²) >= 11 is 0. The lowest BCUT2D eigenvalue weighted by atomic mass is 9.87. The summed E-state index contributed by atoms with van der Waals surface area (Å²) in [6.45, 7) is 11.1. The molecule has 7 nitrogen and oxygen atoms in total. The number of hydrogen-bond donors (Lipinski definition) is 2. The van der Waals surface area contributed by atoms with Crippen LogP contribution in [0.15, 0.2) is 24.3 Å². The second kappa shape index (κ2) is 8.51. The smallest absolute Gasteiger partial charge is 0.355 e. The zero-order valence-electron chi connectivity index (χ0n) is 17.9. The Labute approximate surface area is 170 Å². The second-order valence-electron chi connectivity index (χ2n) is 7.98. The molecule has 2 aromatic rings. The van der Waals surface area contributed by atoms with Crippen molar-refractivity contribution in [1.29, 1.82) is 0 Å². The van der Waals surface area contributed by atoms with Gasteiger partial charge in [-0.05, 0) is 49.4 Å². The first kappa shape index (κ1) is 22.2. The number of methoxy groups -OCH3 is 1. The number of hydrogen-bond acceptors (Lipinski definition) is 5. The van der Waals surface area contributed by atoms with Crippen molar-refractivity contribution in [2.45, 2.75) is 53.1 Å². The lowest BCUT2D eigenvalue weighted by molar-refractivity contribution is -0.123. The van der Waals surface area contributed by atoms with Crippen LogP contribution in [0.1, 0.15) is 65.4 Å². The number of aryl methyl sites for hydroxylation is 1. The van der Waals surface area contributed by atoms with Crippen molar-refractivity contribution in [1.82, 2.24) is 4.98 Å². The van der Waals surface area contributed by atoms with E-state index in [-0.39, 0.29) is 16.7 Å². The zero-order valence-corrected chi connectivity index (χ0v) is 17.9. The Hall–Kier alpha value is -3.09. The molecule has 156 valence electrons. The Morgan fingerprint density at radius 2 is 1.62 bits per heavy atom. The van der Waals surface area contributed by atoms with E-state index in [0.717, 1.165) is 5.56 Å². The van der Waals surface area contributed by atoms with Gasteiger partial charge in [0.2, 0.25) is 0 Å². The van der Waals surface area contributed by atoms with Crippen LogP contribution >= 0.6 is 0 Å². The SMILES string of the molecule is COC(=O)c1c(C)[nH]c(C(=O)OC(C)C(=O)Nc2ccc(C(C)(C)C)cc2)c1C. The number of anilines is 1. The van der Waals surface area contributed by atoms with Gasteiger partial charge in [0.15, 0.2) is 6.10 Å². The maximum atomic E-state index is 12.5. The summed E-state index contributed by atoms with van der Waals surface area (Å²) in [4.78, 5) is 39.6. The molecule has 1 amide bonds. The van der Waals surface area contributed by atoms with E-state index in [1.807, 2.05) is 24.3 Å². The molecular formula is C22H28N2O5. The molecule has 1 heterocycles. The average Bonchev–Trinajstić information content (AvgIpc) is 2.95. The van der Waals surface area contributed by atoms with Crippen molar-refractivity contribution in [3.63, 3.8) is 0 Å². The average molecular weight is 400 g/mol. The zero-order chi connectivity index (χ0) is 21.9. The van der Waals surface area contributed by atoms with E-state index < -0.39 is 23.9 Å². The highest BCUT2D eigenvalue weighted by atomic mass is 16.5. The highest BCUT2D eigenvalue weighted by Gasteiger charge is 2.26. The highest BCUT2D eigenvalue weighted by Crippen LogP contribution is 2.24. The van der Waals surface area contributed by atoms with Gasteiger partial charge in [0.05, 0.1) is 12.7 Å². The molecular weight excluding hydrogens is 372 g/mol. The van der Waals surface area contributed by atoms with Crippen molar-refractivity contribution in [3.05, 3.63) is 52.3 Å². The molecule has 0 saturated heterocycles. The van der Waals surface area contributed by atoms with E-state index in [1.165, 1.54) is 14.0 Å². The van der Waals surface area contributed by atoms with Crippen molar-refractivity contribution in [2.75, 3.05) is 12.4 Å². The Balaban J connectivity index is 2.06. The van der Waals surface area contributed by atoms with E-state index in [9.17, 15) is 14.4 Å². The summed E-state index contributed by atoms with van der Waals surface area (Å²) in [6, 6.07) is 7.53. The number of benzene rings is 1. The van der Waals surface area contributed by atoms with Gasteiger partial charge in [0.1, 0.15) is 5.69 Å². The number of H-pyrrole nitrogens is 1. The van der Waals surface area contributed by atoms with Crippen molar-refractivity contribution in [3.8, 4) is 0 Å². The van der Waals surface area contributed by atoms with Crippen LogP contribution in [0.4, 0.5) is 5.69 Å². The lowest BCUT2D eigenvalue weighted by Crippen LogP contribution is -2.30. The van der Waals surface area contributed by atoms with Gasteiger partial charge in [0, 0.05) is 11.4 Å². The third kappa shape index (κ3) is 5.04. The van der Waals surface area contributed by atoms with Crippen LogP contribution in [0, 0.1) is 13.8 Å². The van der Waals surface area contributed by atoms with E-state index in [4.69, 9.17) is 9.47 Å². The normalized spacial score (nSPS) is 12.2. The summed E-state index contributed by atoms with van der Waals surface area (Å²) in [5, 5.41) is 2.74. The van der Waals surface area contributed by atoms with Crippen LogP contribution in [-0.4, -0.2) is 36.0 Å². The molecule has 0 spiro atoms. The molecule has 0 bridgehead atoms. The van der Waals surface area contributed by atoms with Crippen molar-refractivity contribution in [2.24, 2.45) is 0 Å². The number of ether oxygens (including phenoxy) is 2. The molecule has 2 rings (SSSR count). The minimum absolute atomic E-state index is 0.0143. The van der Waals surface area contributed by atoms with E-state index in [0.29, 0.717) is 16.9 Å². The summed E-state index contributed by atoms with van der Waals surface area (Å²) in [5.41, 5.74) is 3.11. The lowest BCUT2D eigenvalue weighted by Gasteiger charge is -2.19. The monoisotopic (exact) mass is 400 g/mol. The van der Waals surface area contributed by atoms with Gasteiger partial charge in [-0.25, -0.2) is 9.59 Å². The van der Waals surface area contributed by atoms with Gasteiger partial charge in [-0.15, -0.1) is 0 Å². The summed E-state index contributed by atoms with van der Waals surface area (Å²) in [5.74, 6) is -1.71. The van der Waals surface area contributed by atoms with E-state index in [1.54, 1.807) is 13.8 Å². The maximum absolute atomic E-state index is 12.5. The number of nitrogens with one attached hydrogen (secondary N) is 2. The van der Waals surface area contributed by atoms with Gasteiger partial charge >= 0.3 is 11.9 Å². The molecule has 1 atom stereocenters. The first-order valence-corrected chi connectivity index (χ1v) is 9.35. The van der Waals surface area contributed by atoms with Crippen LogP contribution in [0.5, 0.6) is 0 Å². The Morgan fingerprint density at radius 3 is 2.14 bits per heavy atom. The third-order valence-corrected chi connectivity index (χ3v) is 4.70. The molecule has 0 aliphatic rings. The molecule has 0 radical (unpaired) electrons. The first-order chi connectivity index (χ1) is 13.5. The summed E-state index contributed by atoms with van der Waals surface area (Å²) < 4.78 is 10.0. The number of carbonyl (C=O) groups excluding carboxylic acids is 3. The molecule has 2 N–H and O–H groups in total. The molecule has 1 aromatic heterocycles. The molecule has 1 unspecified atom stereocenters. The van der Waals surface area contributed by atoms with Gasteiger partial charge in [-0.2, -0.15) is 0 Å². The van der Waals surface area contributed by atoms with Gasteiger partial charge in [0.25, 0.3) is 5.91 Å². The van der Waals surface area contributed by atoms with Crippen LogP contribution < -0.4 is 5.32 Å². The predicted octanol–water partition coefficient (Wildman–Crippen LogP) is 3.90. The number of esters is 2. The fourth-order valence-corrected chi connectivity index (χ4v) is 2.93. The van der Waals surface area contributed by atoms with Crippen LogP contribution in [0.25, 0.3) is 0 Å². The fraction of sp³-hybridized carbons (Fsp3) is 0.409. The van der Waals surface area contributed by atoms with Crippen LogP contribution in [0.2, 0.25) is 0 Å². The standard InChI is InChI=1S/C22H28N2O5/c1-12-17(20(26)28-7)13(2)23-18(12)21(27)29-14(3)19(25)24-16-10-8-15(9-11-16)22(4,5)6/h8-11,14,23H,1-7H3,(H,24,25). The molecule has 7 heteroatoms. The van der Waals surface area contributed by atoms with Crippen LogP contribution in [0.3, 0.4) is 0 Å². The van der Waals surface area contributed by atoms with Gasteiger partial charge < -0.3 is 19.8 Å². The Kier molecular flexibility index (Phi) is 6.51. The molecule has 0 saturated carbocycles. The number of rotatable bonds is 5.